The van der Waals surface area contributed by atoms with Crippen molar-refractivity contribution in [3.8, 4) is 11.4 Å². The number of nitrogens with one attached hydrogen (secondary N) is 2. The quantitative estimate of drug-likeness (QED) is 0.903. The summed E-state index contributed by atoms with van der Waals surface area (Å²) in [6.45, 7) is 0. The first kappa shape index (κ1) is 12.6. The molecule has 2 aromatic rings. The summed E-state index contributed by atoms with van der Waals surface area (Å²) < 4.78 is 0. The number of rotatable bonds is 3. The lowest BCUT2D eigenvalue weighted by Gasteiger charge is -2.09. The van der Waals surface area contributed by atoms with Crippen molar-refractivity contribution in [1.29, 1.82) is 0 Å². The van der Waals surface area contributed by atoms with Gasteiger partial charge in [-0.05, 0) is 48.9 Å². The van der Waals surface area contributed by atoms with Crippen LogP contribution in [0.2, 0.25) is 0 Å². The van der Waals surface area contributed by atoms with Crippen molar-refractivity contribution in [2.24, 2.45) is 11.3 Å². The predicted molar refractivity (Wildman–Crippen MR) is 81.7 cm³/mol. The maximum atomic E-state index is 12.3. The zero-order valence-corrected chi connectivity index (χ0v) is 11.9. The number of hydrogen-bond donors (Lipinski definition) is 2. The molecule has 1 aromatic carbocycles. The number of aromatic amines is 1. The van der Waals surface area contributed by atoms with Gasteiger partial charge in [-0.3, -0.25) is 4.79 Å². The number of hydrogen-bond acceptors (Lipinski definition) is 2. The van der Waals surface area contributed by atoms with E-state index in [9.17, 15) is 4.79 Å². The highest BCUT2D eigenvalue weighted by atomic mass is 16.2. The Balaban J connectivity index is 1.42. The van der Waals surface area contributed by atoms with Crippen LogP contribution >= 0.6 is 0 Å². The summed E-state index contributed by atoms with van der Waals surface area (Å²) in [6.07, 6.45) is 9.69. The molecule has 2 fully saturated rings. The average Bonchev–Trinajstić information content (AvgIpc) is 2.88. The standard InChI is InChI=1S/C17H19N3O/c21-16(14-11-17(14)7-1-2-8-17)20-13-5-3-12(4-6-13)15-18-9-10-19-15/h3-6,9-10,14H,1-2,7-8,11H2,(H,18,19)(H,20,21). The van der Waals surface area contributed by atoms with Gasteiger partial charge in [0.15, 0.2) is 0 Å². The third kappa shape index (κ3) is 2.24. The molecule has 1 unspecified atom stereocenters. The van der Waals surface area contributed by atoms with Crippen molar-refractivity contribution in [3.05, 3.63) is 36.7 Å². The summed E-state index contributed by atoms with van der Waals surface area (Å²) >= 11 is 0. The van der Waals surface area contributed by atoms with E-state index in [1.807, 2.05) is 24.3 Å². The van der Waals surface area contributed by atoms with Crippen molar-refractivity contribution in [3.63, 3.8) is 0 Å². The summed E-state index contributed by atoms with van der Waals surface area (Å²) in [5, 5.41) is 3.06. The molecule has 2 aliphatic carbocycles. The van der Waals surface area contributed by atoms with Crippen LogP contribution in [0.1, 0.15) is 32.1 Å². The molecule has 0 bridgehead atoms. The Morgan fingerprint density at radius 3 is 2.67 bits per heavy atom. The van der Waals surface area contributed by atoms with Gasteiger partial charge in [0.1, 0.15) is 5.82 Å². The normalized spacial score (nSPS) is 22.4. The molecule has 1 spiro atoms. The van der Waals surface area contributed by atoms with Gasteiger partial charge in [-0.2, -0.15) is 0 Å². The lowest BCUT2D eigenvalue weighted by molar-refractivity contribution is -0.118. The molecule has 0 saturated heterocycles. The van der Waals surface area contributed by atoms with Crippen LogP contribution in [0.5, 0.6) is 0 Å². The number of amides is 1. The summed E-state index contributed by atoms with van der Waals surface area (Å²) in [4.78, 5) is 19.6. The molecule has 4 heteroatoms. The van der Waals surface area contributed by atoms with Gasteiger partial charge >= 0.3 is 0 Å². The average molecular weight is 281 g/mol. The predicted octanol–water partition coefficient (Wildman–Crippen LogP) is 3.60. The zero-order valence-electron chi connectivity index (χ0n) is 11.9. The first-order chi connectivity index (χ1) is 10.3. The Hall–Kier alpha value is -2.10. The van der Waals surface area contributed by atoms with E-state index in [1.165, 1.54) is 25.7 Å². The molecule has 0 radical (unpaired) electrons. The van der Waals surface area contributed by atoms with E-state index in [-0.39, 0.29) is 11.8 Å². The lowest BCUT2D eigenvalue weighted by atomic mass is 10.0. The van der Waals surface area contributed by atoms with Gasteiger partial charge in [0.05, 0.1) is 0 Å². The molecule has 4 rings (SSSR count). The van der Waals surface area contributed by atoms with Gasteiger partial charge in [0.2, 0.25) is 5.91 Å². The minimum Gasteiger partial charge on any atom is -0.345 e. The molecule has 0 aliphatic heterocycles. The van der Waals surface area contributed by atoms with E-state index in [2.05, 4.69) is 15.3 Å². The number of nitrogens with zero attached hydrogens (tertiary/aromatic N) is 1. The highest BCUT2D eigenvalue weighted by Gasteiger charge is 2.58. The fourth-order valence-electron chi connectivity index (χ4n) is 3.71. The van der Waals surface area contributed by atoms with Crippen LogP contribution in [0.4, 0.5) is 5.69 Å². The highest BCUT2D eigenvalue weighted by Crippen LogP contribution is 2.63. The topological polar surface area (TPSA) is 57.8 Å². The van der Waals surface area contributed by atoms with E-state index in [1.54, 1.807) is 12.4 Å². The maximum absolute atomic E-state index is 12.3. The van der Waals surface area contributed by atoms with Gasteiger partial charge in [0.25, 0.3) is 0 Å². The Labute approximate surface area is 124 Å². The summed E-state index contributed by atoms with van der Waals surface area (Å²) in [6, 6.07) is 7.85. The molecule has 1 aromatic heterocycles. The number of benzene rings is 1. The third-order valence-corrected chi connectivity index (χ3v) is 5.03. The number of anilines is 1. The van der Waals surface area contributed by atoms with E-state index in [0.717, 1.165) is 23.5 Å². The minimum atomic E-state index is 0.197. The van der Waals surface area contributed by atoms with Crippen molar-refractivity contribution in [2.45, 2.75) is 32.1 Å². The van der Waals surface area contributed by atoms with Gasteiger partial charge in [-0.1, -0.05) is 12.8 Å². The molecule has 108 valence electrons. The minimum absolute atomic E-state index is 0.197. The monoisotopic (exact) mass is 281 g/mol. The molecule has 1 amide bonds. The van der Waals surface area contributed by atoms with Crippen LogP contribution in [0.3, 0.4) is 0 Å². The molecule has 21 heavy (non-hydrogen) atoms. The Bertz CT molecular complexity index is 639. The smallest absolute Gasteiger partial charge is 0.228 e. The van der Waals surface area contributed by atoms with Crippen LogP contribution in [-0.2, 0) is 4.79 Å². The van der Waals surface area contributed by atoms with Gasteiger partial charge in [-0.25, -0.2) is 4.98 Å². The molecular weight excluding hydrogens is 262 g/mol. The maximum Gasteiger partial charge on any atom is 0.228 e. The summed E-state index contributed by atoms with van der Waals surface area (Å²) in [5.41, 5.74) is 2.25. The lowest BCUT2D eigenvalue weighted by Crippen LogP contribution is -2.17. The first-order valence-electron chi connectivity index (χ1n) is 7.68. The highest BCUT2D eigenvalue weighted by molar-refractivity contribution is 5.95. The molecule has 2 N–H and O–H groups in total. The molecule has 1 heterocycles. The second-order valence-corrected chi connectivity index (χ2v) is 6.33. The fourth-order valence-corrected chi connectivity index (χ4v) is 3.71. The molecular formula is C17H19N3O. The number of H-pyrrole nitrogens is 1. The number of aromatic nitrogens is 2. The van der Waals surface area contributed by atoms with Crippen LogP contribution in [0, 0.1) is 11.3 Å². The molecule has 1 atom stereocenters. The van der Waals surface area contributed by atoms with Crippen molar-refractivity contribution < 1.29 is 4.79 Å². The zero-order chi connectivity index (χ0) is 14.3. The number of carbonyl (C=O) groups is 1. The van der Waals surface area contributed by atoms with Crippen LogP contribution in [-0.4, -0.2) is 15.9 Å². The second kappa shape index (κ2) is 4.72. The Morgan fingerprint density at radius 2 is 2.00 bits per heavy atom. The van der Waals surface area contributed by atoms with Crippen molar-refractivity contribution in [2.75, 3.05) is 5.32 Å². The van der Waals surface area contributed by atoms with Crippen LogP contribution in [0.25, 0.3) is 11.4 Å². The Kier molecular flexibility index (Phi) is 2.84. The summed E-state index contributed by atoms with van der Waals surface area (Å²) in [7, 11) is 0. The van der Waals surface area contributed by atoms with Crippen LogP contribution < -0.4 is 5.32 Å². The fraction of sp³-hybridized carbons (Fsp3) is 0.412. The van der Waals surface area contributed by atoms with Crippen molar-refractivity contribution >= 4 is 11.6 Å². The second-order valence-electron chi connectivity index (χ2n) is 6.33. The molecule has 2 saturated carbocycles. The van der Waals surface area contributed by atoms with Crippen molar-refractivity contribution in [1.82, 2.24) is 9.97 Å². The SMILES string of the molecule is O=C(Nc1ccc(-c2ncc[nH]2)cc1)C1CC12CCCC2. The number of carbonyl (C=O) groups excluding carboxylic acids is 1. The molecule has 2 aliphatic rings. The number of imidazole rings is 1. The summed E-state index contributed by atoms with van der Waals surface area (Å²) in [5.74, 6) is 1.28. The van der Waals surface area contributed by atoms with Gasteiger partial charge in [-0.15, -0.1) is 0 Å². The van der Waals surface area contributed by atoms with E-state index >= 15 is 0 Å². The molecule has 4 nitrogen and oxygen atoms in total. The first-order valence-corrected chi connectivity index (χ1v) is 7.68. The van der Waals surface area contributed by atoms with Gasteiger partial charge < -0.3 is 10.3 Å². The third-order valence-electron chi connectivity index (χ3n) is 5.03. The Morgan fingerprint density at radius 1 is 1.24 bits per heavy atom. The van der Waals surface area contributed by atoms with Crippen LogP contribution in [0.15, 0.2) is 36.7 Å². The largest absolute Gasteiger partial charge is 0.345 e. The van der Waals surface area contributed by atoms with E-state index < -0.39 is 0 Å². The van der Waals surface area contributed by atoms with Gasteiger partial charge in [0, 0.05) is 29.6 Å². The van der Waals surface area contributed by atoms with E-state index in [4.69, 9.17) is 0 Å². The van der Waals surface area contributed by atoms with E-state index in [0.29, 0.717) is 5.41 Å².